The molecule has 0 N–H and O–H groups in total. The number of carbonyl (C=O) groups is 1. The van der Waals surface area contributed by atoms with Gasteiger partial charge in [-0.1, -0.05) is 92.8 Å². The first-order valence-electron chi connectivity index (χ1n) is 9.40. The number of ether oxygens (including phenoxy) is 1. The van der Waals surface area contributed by atoms with Crippen molar-refractivity contribution < 1.29 is 9.53 Å². The van der Waals surface area contributed by atoms with Gasteiger partial charge < -0.3 is 4.74 Å². The molecule has 2 aromatic rings. The number of hydrogen-bond donors (Lipinski definition) is 0. The third kappa shape index (κ3) is 6.41. The van der Waals surface area contributed by atoms with Crippen molar-refractivity contribution in [1.82, 2.24) is 0 Å². The van der Waals surface area contributed by atoms with Gasteiger partial charge in [-0.15, -0.1) is 0 Å². The fourth-order valence-corrected chi connectivity index (χ4v) is 2.92. The standard InChI is InChI=1S/C22H28BO2/c1-3-5-8-17-20(4-2)25-22(24)21(18-13-9-6-10-14-18)23-19-15-11-7-12-16-19/h6-7,9-16,20-21H,3-5,8,17H2,1-2H3/t20?,21-/m0/s1. The molecule has 0 bridgehead atoms. The SMILES string of the molecule is CCCCCC(CC)OC(=O)[C@@H]([B]c1ccccc1)c1ccccc1. The molecule has 3 heteroatoms. The summed E-state index contributed by atoms with van der Waals surface area (Å²) in [5, 5.41) is 0. The van der Waals surface area contributed by atoms with Gasteiger partial charge in [-0.05, 0) is 24.8 Å². The maximum atomic E-state index is 12.9. The largest absolute Gasteiger partial charge is 0.462 e. The van der Waals surface area contributed by atoms with Crippen molar-refractivity contribution in [3.63, 3.8) is 0 Å². The van der Waals surface area contributed by atoms with Crippen molar-refractivity contribution in [2.24, 2.45) is 0 Å². The van der Waals surface area contributed by atoms with Crippen LogP contribution in [0.25, 0.3) is 0 Å². The van der Waals surface area contributed by atoms with E-state index in [0.29, 0.717) is 0 Å². The van der Waals surface area contributed by atoms with Crippen LogP contribution in [0.2, 0.25) is 0 Å². The molecule has 0 spiro atoms. The Morgan fingerprint density at radius 2 is 1.60 bits per heavy atom. The molecule has 2 rings (SSSR count). The first-order valence-corrected chi connectivity index (χ1v) is 9.40. The third-order valence-electron chi connectivity index (χ3n) is 4.44. The summed E-state index contributed by atoms with van der Waals surface area (Å²) in [4.78, 5) is 12.9. The van der Waals surface area contributed by atoms with Gasteiger partial charge in [0.2, 0.25) is 0 Å². The summed E-state index contributed by atoms with van der Waals surface area (Å²) < 4.78 is 5.86. The molecule has 0 saturated carbocycles. The summed E-state index contributed by atoms with van der Waals surface area (Å²) >= 11 is 0. The Morgan fingerprint density at radius 3 is 2.20 bits per heavy atom. The van der Waals surface area contributed by atoms with Gasteiger partial charge in [-0.3, -0.25) is 4.79 Å². The Labute approximate surface area is 152 Å². The second-order valence-electron chi connectivity index (χ2n) is 6.43. The van der Waals surface area contributed by atoms with Gasteiger partial charge in [0.1, 0.15) is 6.10 Å². The minimum Gasteiger partial charge on any atom is -0.462 e. The van der Waals surface area contributed by atoms with Gasteiger partial charge >= 0.3 is 5.97 Å². The van der Waals surface area contributed by atoms with E-state index in [4.69, 9.17) is 4.74 Å². The summed E-state index contributed by atoms with van der Waals surface area (Å²) in [5.74, 6) is -0.526. The maximum Gasteiger partial charge on any atom is 0.305 e. The molecule has 0 amide bonds. The lowest BCUT2D eigenvalue weighted by Crippen LogP contribution is -2.31. The first kappa shape index (κ1) is 19.3. The van der Waals surface area contributed by atoms with Gasteiger partial charge in [0.05, 0.1) is 5.82 Å². The van der Waals surface area contributed by atoms with E-state index in [-0.39, 0.29) is 17.9 Å². The summed E-state index contributed by atoms with van der Waals surface area (Å²) in [7, 11) is 2.00. The molecule has 1 radical (unpaired) electrons. The molecule has 0 aliphatic heterocycles. The van der Waals surface area contributed by atoms with E-state index < -0.39 is 0 Å². The average molecular weight is 335 g/mol. The summed E-state index contributed by atoms with van der Waals surface area (Å²) in [6, 6.07) is 19.9. The van der Waals surface area contributed by atoms with E-state index in [9.17, 15) is 4.79 Å². The van der Waals surface area contributed by atoms with Crippen LogP contribution in [0.3, 0.4) is 0 Å². The molecule has 0 saturated heterocycles. The zero-order chi connectivity index (χ0) is 17.9. The van der Waals surface area contributed by atoms with Gasteiger partial charge in [0.25, 0.3) is 0 Å². The van der Waals surface area contributed by atoms with Crippen LogP contribution in [-0.4, -0.2) is 19.4 Å². The topological polar surface area (TPSA) is 26.3 Å². The monoisotopic (exact) mass is 335 g/mol. The minimum absolute atomic E-state index is 0.00874. The molecular formula is C22H28BO2. The van der Waals surface area contributed by atoms with Crippen LogP contribution in [0.5, 0.6) is 0 Å². The van der Waals surface area contributed by atoms with E-state index in [1.165, 1.54) is 12.8 Å². The molecule has 0 aliphatic rings. The predicted octanol–water partition coefficient (Wildman–Crippen LogP) is 4.66. The third-order valence-corrected chi connectivity index (χ3v) is 4.44. The predicted molar refractivity (Wildman–Crippen MR) is 105 cm³/mol. The van der Waals surface area contributed by atoms with E-state index in [1.807, 2.05) is 67.9 Å². The first-order chi connectivity index (χ1) is 12.2. The molecule has 2 nitrogen and oxygen atoms in total. The van der Waals surface area contributed by atoms with Gasteiger partial charge in [0.15, 0.2) is 7.28 Å². The second-order valence-corrected chi connectivity index (χ2v) is 6.43. The molecule has 2 aromatic carbocycles. The highest BCUT2D eigenvalue weighted by Crippen LogP contribution is 2.19. The number of esters is 1. The maximum absolute atomic E-state index is 12.9. The number of rotatable bonds is 10. The van der Waals surface area contributed by atoms with Crippen molar-refractivity contribution in [1.29, 1.82) is 0 Å². The van der Waals surface area contributed by atoms with E-state index in [1.54, 1.807) is 0 Å². The number of benzene rings is 2. The molecule has 2 atom stereocenters. The molecule has 0 fully saturated rings. The Bertz CT molecular complexity index is 612. The zero-order valence-electron chi connectivity index (χ0n) is 15.4. The van der Waals surface area contributed by atoms with Crippen LogP contribution in [0.15, 0.2) is 60.7 Å². The highest BCUT2D eigenvalue weighted by Gasteiger charge is 2.25. The summed E-state index contributed by atoms with van der Waals surface area (Å²) in [6.07, 6.45) is 5.30. The molecule has 0 aliphatic carbocycles. The van der Waals surface area contributed by atoms with Crippen LogP contribution in [0.1, 0.15) is 57.3 Å². The summed E-state index contributed by atoms with van der Waals surface area (Å²) in [5.41, 5.74) is 2.01. The van der Waals surface area contributed by atoms with E-state index in [2.05, 4.69) is 13.8 Å². The normalized spacial score (nSPS) is 13.0. The van der Waals surface area contributed by atoms with Crippen molar-refractivity contribution in [3.8, 4) is 0 Å². The zero-order valence-corrected chi connectivity index (χ0v) is 15.4. The van der Waals surface area contributed by atoms with E-state index >= 15 is 0 Å². The van der Waals surface area contributed by atoms with Crippen LogP contribution in [-0.2, 0) is 9.53 Å². The molecular weight excluding hydrogens is 307 g/mol. The highest BCUT2D eigenvalue weighted by atomic mass is 16.5. The average Bonchev–Trinajstić information content (AvgIpc) is 2.66. The number of hydrogen-bond acceptors (Lipinski definition) is 2. The fraction of sp³-hybridized carbons (Fsp3) is 0.409. The molecule has 25 heavy (non-hydrogen) atoms. The van der Waals surface area contributed by atoms with Crippen molar-refractivity contribution in [2.45, 2.75) is 57.9 Å². The Morgan fingerprint density at radius 1 is 0.960 bits per heavy atom. The Kier molecular flexibility index (Phi) is 8.31. The molecule has 0 aromatic heterocycles. The molecule has 131 valence electrons. The van der Waals surface area contributed by atoms with Crippen molar-refractivity contribution >= 4 is 18.7 Å². The van der Waals surface area contributed by atoms with Crippen LogP contribution < -0.4 is 5.46 Å². The Balaban J connectivity index is 2.09. The van der Waals surface area contributed by atoms with Crippen molar-refractivity contribution in [3.05, 3.63) is 66.2 Å². The van der Waals surface area contributed by atoms with Crippen LogP contribution in [0, 0.1) is 0 Å². The lowest BCUT2D eigenvalue weighted by Gasteiger charge is -2.21. The smallest absolute Gasteiger partial charge is 0.305 e. The van der Waals surface area contributed by atoms with Gasteiger partial charge in [0, 0.05) is 0 Å². The van der Waals surface area contributed by atoms with Gasteiger partial charge in [-0.25, -0.2) is 0 Å². The number of carbonyl (C=O) groups excluding carboxylic acids is 1. The Hall–Kier alpha value is -2.03. The van der Waals surface area contributed by atoms with Crippen molar-refractivity contribution in [2.75, 3.05) is 0 Å². The highest BCUT2D eigenvalue weighted by molar-refractivity contribution is 6.58. The lowest BCUT2D eigenvalue weighted by molar-refractivity contribution is -0.149. The van der Waals surface area contributed by atoms with Gasteiger partial charge in [-0.2, -0.15) is 0 Å². The van der Waals surface area contributed by atoms with Crippen LogP contribution >= 0.6 is 0 Å². The quantitative estimate of drug-likeness (QED) is 0.359. The lowest BCUT2D eigenvalue weighted by atomic mass is 9.57. The fourth-order valence-electron chi connectivity index (χ4n) is 2.92. The second kappa shape index (κ2) is 10.8. The summed E-state index contributed by atoms with van der Waals surface area (Å²) in [6.45, 7) is 4.27. The molecule has 0 heterocycles. The number of unbranched alkanes of at least 4 members (excludes halogenated alkanes) is 2. The van der Waals surface area contributed by atoms with E-state index in [0.717, 1.165) is 30.3 Å². The van der Waals surface area contributed by atoms with Crippen LogP contribution in [0.4, 0.5) is 0 Å². The molecule has 1 unspecified atom stereocenters. The minimum atomic E-state index is -0.371.